The van der Waals surface area contributed by atoms with E-state index in [2.05, 4.69) is 5.32 Å². The van der Waals surface area contributed by atoms with Gasteiger partial charge in [-0.3, -0.25) is 14.8 Å². The van der Waals surface area contributed by atoms with E-state index in [9.17, 15) is 9.59 Å². The van der Waals surface area contributed by atoms with Gasteiger partial charge in [0.25, 0.3) is 0 Å². The highest BCUT2D eigenvalue weighted by atomic mass is 16.5. The van der Waals surface area contributed by atoms with Crippen molar-refractivity contribution in [2.24, 2.45) is 11.3 Å². The van der Waals surface area contributed by atoms with Crippen molar-refractivity contribution in [2.45, 2.75) is 19.4 Å². The first-order valence-corrected chi connectivity index (χ1v) is 8.51. The molecule has 0 aliphatic heterocycles. The molecule has 1 aliphatic rings. The highest BCUT2D eigenvalue weighted by Gasteiger charge is 2.62. The lowest BCUT2D eigenvalue weighted by Gasteiger charge is -2.16. The third kappa shape index (κ3) is 3.70. The Kier molecular flexibility index (Phi) is 5.23. The van der Waals surface area contributed by atoms with E-state index >= 15 is 0 Å². The molecule has 1 aliphatic carbocycles. The van der Waals surface area contributed by atoms with Crippen LogP contribution in [0, 0.1) is 11.3 Å². The minimum absolute atomic E-state index is 0.185. The number of nitrogens with one attached hydrogen (secondary N) is 2. The van der Waals surface area contributed by atoms with Crippen molar-refractivity contribution in [3.8, 4) is 5.75 Å². The Morgan fingerprint density at radius 2 is 1.81 bits per heavy atom. The molecule has 3 rings (SSSR count). The van der Waals surface area contributed by atoms with Crippen molar-refractivity contribution >= 4 is 11.8 Å². The van der Waals surface area contributed by atoms with Gasteiger partial charge in [-0.2, -0.15) is 0 Å². The quantitative estimate of drug-likeness (QED) is 0.525. The van der Waals surface area contributed by atoms with Gasteiger partial charge in [-0.1, -0.05) is 42.5 Å². The zero-order chi connectivity index (χ0) is 18.6. The van der Waals surface area contributed by atoms with Crippen molar-refractivity contribution in [3.05, 3.63) is 65.7 Å². The second-order valence-electron chi connectivity index (χ2n) is 6.56. The van der Waals surface area contributed by atoms with Crippen LogP contribution in [0.5, 0.6) is 5.75 Å². The molecule has 0 unspecified atom stereocenters. The fourth-order valence-corrected chi connectivity index (χ4v) is 3.31. The molecular weight excluding hydrogens is 332 g/mol. The van der Waals surface area contributed by atoms with E-state index in [1.165, 1.54) is 0 Å². The normalized spacial score (nSPS) is 20.9. The summed E-state index contributed by atoms with van der Waals surface area (Å²) in [6, 6.07) is 17.4. The van der Waals surface area contributed by atoms with Crippen LogP contribution in [0.25, 0.3) is 0 Å². The molecular formula is C20H22N2O4. The van der Waals surface area contributed by atoms with Gasteiger partial charge in [0, 0.05) is 7.05 Å². The minimum atomic E-state index is -0.798. The van der Waals surface area contributed by atoms with Gasteiger partial charge < -0.3 is 10.1 Å². The second-order valence-corrected chi connectivity index (χ2v) is 6.56. The number of ether oxygens (including phenoxy) is 1. The summed E-state index contributed by atoms with van der Waals surface area (Å²) in [7, 11) is 1.55. The molecule has 136 valence electrons. The maximum atomic E-state index is 12.3. The Bertz CT molecular complexity index is 776. The van der Waals surface area contributed by atoms with Gasteiger partial charge in [-0.05, 0) is 36.1 Å². The lowest BCUT2D eigenvalue weighted by atomic mass is 9.92. The second kappa shape index (κ2) is 7.58. The Labute approximate surface area is 152 Å². The van der Waals surface area contributed by atoms with E-state index in [1.807, 2.05) is 54.6 Å². The topological polar surface area (TPSA) is 87.7 Å². The molecule has 0 saturated heterocycles. The molecule has 6 nitrogen and oxygen atoms in total. The van der Waals surface area contributed by atoms with Gasteiger partial charge >= 0.3 is 0 Å². The molecule has 2 aromatic rings. The maximum absolute atomic E-state index is 12.3. The van der Waals surface area contributed by atoms with Crippen LogP contribution in [0.4, 0.5) is 0 Å². The molecule has 2 aromatic carbocycles. The van der Waals surface area contributed by atoms with E-state index < -0.39 is 17.2 Å². The van der Waals surface area contributed by atoms with E-state index in [0.717, 1.165) is 16.9 Å². The summed E-state index contributed by atoms with van der Waals surface area (Å²) in [4.78, 5) is 24.0. The van der Waals surface area contributed by atoms with Gasteiger partial charge in [0.15, 0.2) is 0 Å². The summed E-state index contributed by atoms with van der Waals surface area (Å²) >= 11 is 0. The Morgan fingerprint density at radius 1 is 1.12 bits per heavy atom. The number of benzene rings is 2. The molecule has 6 heteroatoms. The molecule has 0 spiro atoms. The summed E-state index contributed by atoms with van der Waals surface area (Å²) < 4.78 is 5.76. The van der Waals surface area contributed by atoms with Crippen molar-refractivity contribution < 1.29 is 19.5 Å². The predicted octanol–water partition coefficient (Wildman–Crippen LogP) is 2.07. The lowest BCUT2D eigenvalue weighted by molar-refractivity contribution is -0.135. The monoisotopic (exact) mass is 354 g/mol. The highest BCUT2D eigenvalue weighted by Crippen LogP contribution is 2.55. The van der Waals surface area contributed by atoms with Crippen LogP contribution in [0.3, 0.4) is 0 Å². The molecule has 0 bridgehead atoms. The number of hydrogen-bond donors (Lipinski definition) is 3. The van der Waals surface area contributed by atoms with E-state index in [0.29, 0.717) is 19.4 Å². The number of hydrogen-bond acceptors (Lipinski definition) is 4. The van der Waals surface area contributed by atoms with E-state index in [-0.39, 0.29) is 5.91 Å². The van der Waals surface area contributed by atoms with Gasteiger partial charge in [-0.15, -0.1) is 0 Å². The fraction of sp³-hybridized carbons (Fsp3) is 0.300. The first-order chi connectivity index (χ1) is 12.6. The van der Waals surface area contributed by atoms with Crippen molar-refractivity contribution in [1.29, 1.82) is 0 Å². The highest BCUT2D eigenvalue weighted by molar-refractivity contribution is 5.95. The van der Waals surface area contributed by atoms with Crippen LogP contribution >= 0.6 is 0 Å². The third-order valence-electron chi connectivity index (χ3n) is 4.87. The summed E-state index contributed by atoms with van der Waals surface area (Å²) in [5.41, 5.74) is 2.88. The van der Waals surface area contributed by atoms with Gasteiger partial charge in [-0.25, -0.2) is 5.48 Å². The fourth-order valence-electron chi connectivity index (χ4n) is 3.31. The van der Waals surface area contributed by atoms with Gasteiger partial charge in [0.05, 0.1) is 11.3 Å². The van der Waals surface area contributed by atoms with Crippen LogP contribution in [-0.2, 0) is 22.6 Å². The number of rotatable bonds is 7. The summed E-state index contributed by atoms with van der Waals surface area (Å²) in [6.07, 6.45) is 0.856. The maximum Gasteiger partial charge on any atom is 0.247 e. The zero-order valence-corrected chi connectivity index (χ0v) is 14.6. The van der Waals surface area contributed by atoms with E-state index in [1.54, 1.807) is 12.5 Å². The van der Waals surface area contributed by atoms with E-state index in [4.69, 9.17) is 9.94 Å². The Balaban J connectivity index is 1.64. The van der Waals surface area contributed by atoms with Gasteiger partial charge in [0.2, 0.25) is 11.8 Å². The van der Waals surface area contributed by atoms with Crippen LogP contribution in [-0.4, -0.2) is 24.1 Å². The molecule has 0 aromatic heterocycles. The summed E-state index contributed by atoms with van der Waals surface area (Å²) in [6.45, 7) is 0.487. The number of carbonyl (C=O) groups is 2. The molecule has 26 heavy (non-hydrogen) atoms. The Hall–Kier alpha value is -2.86. The van der Waals surface area contributed by atoms with Crippen LogP contribution < -0.4 is 15.5 Å². The zero-order valence-electron chi connectivity index (χ0n) is 14.6. The molecule has 2 atom stereocenters. The SMILES string of the molecule is CNC(=O)[C@@]1(Cc2ccc(OCc3ccccc3)cc2)C[C@@H]1C(=O)NO. The van der Waals surface area contributed by atoms with Crippen LogP contribution in [0.2, 0.25) is 0 Å². The molecule has 1 fully saturated rings. The first kappa shape index (κ1) is 17.9. The Morgan fingerprint density at radius 3 is 2.42 bits per heavy atom. The minimum Gasteiger partial charge on any atom is -0.489 e. The summed E-state index contributed by atoms with van der Waals surface area (Å²) in [5.74, 6) is -0.472. The lowest BCUT2D eigenvalue weighted by Crippen LogP contribution is -2.35. The number of hydroxylamine groups is 1. The summed E-state index contributed by atoms with van der Waals surface area (Å²) in [5, 5.41) is 11.5. The number of carbonyl (C=O) groups excluding carboxylic acids is 2. The standard InChI is InChI=1S/C20H22N2O4/c1-21-19(24)20(12-17(20)18(23)22-25)11-14-7-9-16(10-8-14)26-13-15-5-3-2-4-6-15/h2-10,17,25H,11-13H2,1H3,(H,21,24)(H,22,23)/t17-,20+/m1/s1. The molecule has 0 radical (unpaired) electrons. The van der Waals surface area contributed by atoms with Crippen molar-refractivity contribution in [3.63, 3.8) is 0 Å². The third-order valence-corrected chi connectivity index (χ3v) is 4.87. The van der Waals surface area contributed by atoms with Crippen molar-refractivity contribution in [1.82, 2.24) is 10.8 Å². The average molecular weight is 354 g/mol. The molecule has 3 N–H and O–H groups in total. The predicted molar refractivity (Wildman–Crippen MR) is 95.5 cm³/mol. The average Bonchev–Trinajstić information content (AvgIpc) is 3.42. The van der Waals surface area contributed by atoms with Gasteiger partial charge in [0.1, 0.15) is 12.4 Å². The molecule has 0 heterocycles. The molecule has 2 amide bonds. The first-order valence-electron chi connectivity index (χ1n) is 8.51. The largest absolute Gasteiger partial charge is 0.489 e. The van der Waals surface area contributed by atoms with Crippen molar-refractivity contribution in [2.75, 3.05) is 7.05 Å². The van der Waals surface area contributed by atoms with Crippen LogP contribution in [0.15, 0.2) is 54.6 Å². The smallest absolute Gasteiger partial charge is 0.247 e. The molecule has 1 saturated carbocycles. The number of amides is 2. The van der Waals surface area contributed by atoms with Crippen LogP contribution in [0.1, 0.15) is 17.5 Å².